The van der Waals surface area contributed by atoms with Gasteiger partial charge in [-0.15, -0.1) is 0 Å². The van der Waals surface area contributed by atoms with Gasteiger partial charge < -0.3 is 14.2 Å². The monoisotopic (exact) mass is 682 g/mol. The van der Waals surface area contributed by atoms with Crippen LogP contribution in [0.5, 0.6) is 0 Å². The van der Waals surface area contributed by atoms with E-state index in [9.17, 15) is 0 Å². The SMILES string of the molecule is Cc1cc2c3c(c1)N(c1ccc(C(C)(C)C)cc1)c1c(oc(C)c1-c1ccccc1)B3c1cc(C(C)(C)C)ccc1N2c1ccc(C(C)(C)C)cc1. The minimum Gasteiger partial charge on any atom is -0.473 e. The maximum absolute atomic E-state index is 7.12. The molecular formula is C48H51BN2O. The molecule has 0 atom stereocenters. The zero-order valence-corrected chi connectivity index (χ0v) is 32.8. The number of furan rings is 1. The van der Waals surface area contributed by atoms with Crippen LogP contribution in [-0.2, 0) is 16.2 Å². The molecule has 0 bridgehead atoms. The number of aryl methyl sites for hydroxylation is 2. The van der Waals surface area contributed by atoms with Crippen LogP contribution < -0.4 is 26.4 Å². The first-order valence-corrected chi connectivity index (χ1v) is 18.8. The Balaban J connectivity index is 1.47. The Morgan fingerprint density at radius 2 is 1.02 bits per heavy atom. The van der Waals surface area contributed by atoms with Crippen molar-refractivity contribution in [2.75, 3.05) is 9.80 Å². The van der Waals surface area contributed by atoms with E-state index >= 15 is 0 Å². The summed E-state index contributed by atoms with van der Waals surface area (Å²) in [4.78, 5) is 4.98. The Morgan fingerprint density at radius 3 is 1.56 bits per heavy atom. The van der Waals surface area contributed by atoms with Gasteiger partial charge in [0.25, 0.3) is 6.71 Å². The topological polar surface area (TPSA) is 19.6 Å². The molecule has 0 aliphatic carbocycles. The Bertz CT molecular complexity index is 2310. The zero-order valence-electron chi connectivity index (χ0n) is 32.8. The second kappa shape index (κ2) is 11.8. The van der Waals surface area contributed by atoms with Gasteiger partial charge in [-0.1, -0.05) is 129 Å². The summed E-state index contributed by atoms with van der Waals surface area (Å²) in [7, 11) is 0. The summed E-state index contributed by atoms with van der Waals surface area (Å²) in [5.41, 5.74) is 18.2. The van der Waals surface area contributed by atoms with Gasteiger partial charge in [0.15, 0.2) is 0 Å². The van der Waals surface area contributed by atoms with Gasteiger partial charge in [0, 0.05) is 34.0 Å². The molecule has 262 valence electrons. The quantitative estimate of drug-likeness (QED) is 0.173. The van der Waals surface area contributed by atoms with E-state index in [1.54, 1.807) is 0 Å². The average Bonchev–Trinajstić information content (AvgIpc) is 3.43. The third kappa shape index (κ3) is 5.50. The number of benzene rings is 5. The van der Waals surface area contributed by atoms with Gasteiger partial charge in [-0.2, -0.15) is 0 Å². The molecule has 1 aromatic heterocycles. The van der Waals surface area contributed by atoms with E-state index in [4.69, 9.17) is 4.42 Å². The largest absolute Gasteiger partial charge is 0.473 e. The van der Waals surface area contributed by atoms with E-state index in [-0.39, 0.29) is 23.0 Å². The van der Waals surface area contributed by atoms with Gasteiger partial charge in [-0.25, -0.2) is 0 Å². The molecule has 0 N–H and O–H groups in total. The molecule has 0 spiro atoms. The highest BCUT2D eigenvalue weighted by atomic mass is 16.3. The van der Waals surface area contributed by atoms with E-state index < -0.39 is 0 Å². The third-order valence-electron chi connectivity index (χ3n) is 11.1. The fourth-order valence-electron chi connectivity index (χ4n) is 8.24. The summed E-state index contributed by atoms with van der Waals surface area (Å²) in [6, 6.07) is 41.1. The summed E-state index contributed by atoms with van der Waals surface area (Å²) in [5, 5.41) is 0. The molecule has 0 amide bonds. The number of hydrogen-bond acceptors (Lipinski definition) is 3. The van der Waals surface area contributed by atoms with Crippen molar-refractivity contribution < 1.29 is 4.42 Å². The smallest absolute Gasteiger partial charge is 0.297 e. The molecule has 0 radical (unpaired) electrons. The lowest BCUT2D eigenvalue weighted by molar-refractivity contribution is 0.565. The molecule has 0 fully saturated rings. The van der Waals surface area contributed by atoms with Gasteiger partial charge >= 0.3 is 0 Å². The molecule has 2 aliphatic rings. The van der Waals surface area contributed by atoms with Crippen molar-refractivity contribution in [2.45, 2.75) is 92.4 Å². The van der Waals surface area contributed by atoms with Crippen LogP contribution in [0.3, 0.4) is 0 Å². The minimum atomic E-state index is -0.0794. The second-order valence-electron chi connectivity index (χ2n) is 18.1. The molecule has 2 aliphatic heterocycles. The molecule has 0 saturated carbocycles. The van der Waals surface area contributed by atoms with Crippen molar-refractivity contribution in [3.8, 4) is 11.1 Å². The van der Waals surface area contributed by atoms with Crippen LogP contribution in [0.4, 0.5) is 34.1 Å². The van der Waals surface area contributed by atoms with E-state index in [2.05, 4.69) is 195 Å². The van der Waals surface area contributed by atoms with E-state index in [1.165, 1.54) is 50.2 Å². The number of fused-ring (bicyclic) bond motifs is 4. The Hall–Kier alpha value is -4.96. The van der Waals surface area contributed by atoms with Crippen LogP contribution in [-0.4, -0.2) is 6.71 Å². The standard InChI is InChI=1S/C48H51BN2O/c1-30-27-40-43-41(28-30)51(37-24-19-34(20-25-37)47(6,7)8)44-42(32-15-13-12-14-16-32)31(2)52-45(44)49(43)38-29-35(48(9,10)11)21-26-39(38)50(40)36-22-17-33(18-23-36)46(3,4)5/h12-29H,1-11H3. The summed E-state index contributed by atoms with van der Waals surface area (Å²) < 4.78 is 7.12. The van der Waals surface area contributed by atoms with Gasteiger partial charge in [0.1, 0.15) is 5.76 Å². The Labute approximate surface area is 311 Å². The molecule has 3 nitrogen and oxygen atoms in total. The van der Waals surface area contributed by atoms with Gasteiger partial charge in [-0.3, -0.25) is 0 Å². The highest BCUT2D eigenvalue weighted by Gasteiger charge is 2.47. The minimum absolute atomic E-state index is 0.0167. The fraction of sp³-hybridized carbons (Fsp3) is 0.292. The highest BCUT2D eigenvalue weighted by molar-refractivity contribution is 6.99. The lowest BCUT2D eigenvalue weighted by Gasteiger charge is -2.43. The zero-order chi connectivity index (χ0) is 36.9. The Morgan fingerprint density at radius 1 is 0.519 bits per heavy atom. The van der Waals surface area contributed by atoms with E-state index in [0.717, 1.165) is 39.6 Å². The van der Waals surface area contributed by atoms with Crippen LogP contribution in [0.15, 0.2) is 114 Å². The first kappa shape index (κ1) is 34.1. The van der Waals surface area contributed by atoms with Crippen molar-refractivity contribution in [2.24, 2.45) is 0 Å². The van der Waals surface area contributed by atoms with Crippen LogP contribution >= 0.6 is 0 Å². The fourth-order valence-corrected chi connectivity index (χ4v) is 8.24. The molecule has 3 heterocycles. The van der Waals surface area contributed by atoms with Crippen molar-refractivity contribution in [3.05, 3.63) is 137 Å². The molecular weight excluding hydrogens is 631 g/mol. The molecule has 8 rings (SSSR count). The van der Waals surface area contributed by atoms with Gasteiger partial charge in [-0.05, 0) is 111 Å². The van der Waals surface area contributed by atoms with Crippen LogP contribution in [0, 0.1) is 13.8 Å². The third-order valence-corrected chi connectivity index (χ3v) is 11.1. The van der Waals surface area contributed by atoms with Crippen molar-refractivity contribution in [3.63, 3.8) is 0 Å². The molecule has 0 unspecified atom stereocenters. The first-order chi connectivity index (χ1) is 24.5. The summed E-state index contributed by atoms with van der Waals surface area (Å²) in [5.74, 6) is 0.937. The molecule has 6 aromatic rings. The van der Waals surface area contributed by atoms with E-state index in [1.807, 2.05) is 0 Å². The van der Waals surface area contributed by atoms with Crippen LogP contribution in [0.25, 0.3) is 11.1 Å². The molecule has 52 heavy (non-hydrogen) atoms. The first-order valence-electron chi connectivity index (χ1n) is 18.8. The van der Waals surface area contributed by atoms with Gasteiger partial charge in [0.2, 0.25) is 0 Å². The van der Waals surface area contributed by atoms with Gasteiger partial charge in [0.05, 0.1) is 11.3 Å². The van der Waals surface area contributed by atoms with Crippen molar-refractivity contribution in [1.29, 1.82) is 0 Å². The lowest BCUT2D eigenvalue weighted by Crippen LogP contribution is -2.61. The highest BCUT2D eigenvalue weighted by Crippen LogP contribution is 2.49. The number of nitrogens with zero attached hydrogens (tertiary/aromatic N) is 2. The summed E-state index contributed by atoms with van der Waals surface area (Å²) >= 11 is 0. The second-order valence-corrected chi connectivity index (χ2v) is 18.1. The molecule has 0 saturated heterocycles. The molecule has 4 heteroatoms. The van der Waals surface area contributed by atoms with Crippen LogP contribution in [0.1, 0.15) is 90.3 Å². The van der Waals surface area contributed by atoms with Crippen LogP contribution in [0.2, 0.25) is 0 Å². The number of rotatable bonds is 3. The maximum Gasteiger partial charge on any atom is 0.297 e. The summed E-state index contributed by atoms with van der Waals surface area (Å²) in [6.07, 6.45) is 0. The number of anilines is 6. The predicted octanol–water partition coefficient (Wildman–Crippen LogP) is 11.5. The summed E-state index contributed by atoms with van der Waals surface area (Å²) in [6.45, 7) is 24.9. The predicted molar refractivity (Wildman–Crippen MR) is 224 cm³/mol. The normalized spacial score (nSPS) is 13.9. The number of hydrogen-bond donors (Lipinski definition) is 0. The Kier molecular flexibility index (Phi) is 7.74. The van der Waals surface area contributed by atoms with E-state index in [0.29, 0.717) is 0 Å². The maximum atomic E-state index is 7.12. The molecule has 5 aromatic carbocycles. The average molecular weight is 683 g/mol. The lowest BCUT2D eigenvalue weighted by atomic mass is 9.35. The van der Waals surface area contributed by atoms with Crippen molar-refractivity contribution >= 4 is 57.4 Å². The van der Waals surface area contributed by atoms with Crippen molar-refractivity contribution in [1.82, 2.24) is 0 Å².